The zero-order valence-electron chi connectivity index (χ0n) is 15.4. The van der Waals surface area contributed by atoms with E-state index in [4.69, 9.17) is 24.5 Å². The maximum Gasteiger partial charge on any atom is 1.00 e. The molecule has 0 N–H and O–H groups in total. The van der Waals surface area contributed by atoms with Crippen LogP contribution in [0.1, 0.15) is 25.0 Å². The van der Waals surface area contributed by atoms with Crippen LogP contribution in [0.2, 0.25) is 0 Å². The molecule has 26 heavy (non-hydrogen) atoms. The summed E-state index contributed by atoms with van der Waals surface area (Å²) in [5, 5.41) is 17.9. The molecule has 11 heteroatoms. The van der Waals surface area contributed by atoms with Crippen LogP contribution in [-0.2, 0) is 9.59 Å². The predicted molar refractivity (Wildman–Crippen MR) is 84.9 cm³/mol. The van der Waals surface area contributed by atoms with Gasteiger partial charge >= 0.3 is 59.1 Å². The number of nitrogens with zero attached hydrogens (tertiary/aromatic N) is 3. The number of hydrogen-bond acceptors (Lipinski definition) is 9. The summed E-state index contributed by atoms with van der Waals surface area (Å²) in [6.07, 6.45) is 7.16. The molecule has 0 atom stereocenters. The Morgan fingerprint density at radius 2 is 2.00 bits per heavy atom. The van der Waals surface area contributed by atoms with Gasteiger partial charge in [-0.05, 0) is 31.9 Å². The molecular weight excluding hydrogens is 380 g/mol. The fraction of sp³-hybridized carbons (Fsp3) is 0.467. The Bertz CT molecular complexity index is 598. The number of carbonyl (C=O) groups excluding carboxylic acids is 2. The van der Waals surface area contributed by atoms with Gasteiger partial charge in [-0.1, -0.05) is 12.2 Å². The molecule has 2 heterocycles. The summed E-state index contributed by atoms with van der Waals surface area (Å²) in [4.78, 5) is 20.1. The third-order valence-electron chi connectivity index (χ3n) is 3.06. The van der Waals surface area contributed by atoms with Crippen molar-refractivity contribution in [3.63, 3.8) is 0 Å². The van der Waals surface area contributed by atoms with Crippen molar-refractivity contribution in [3.05, 3.63) is 24.4 Å². The average molecular weight is 399 g/mol. The fourth-order valence-corrected chi connectivity index (χ4v) is 2.46. The van der Waals surface area contributed by atoms with Crippen LogP contribution in [0.3, 0.4) is 0 Å². The first-order chi connectivity index (χ1) is 11.5. The molecule has 1 aliphatic rings. The molecule has 0 fully saturated rings. The van der Waals surface area contributed by atoms with Gasteiger partial charge in [-0.15, -0.1) is 11.0 Å². The van der Waals surface area contributed by atoms with Crippen molar-refractivity contribution in [2.45, 2.75) is 19.3 Å². The van der Waals surface area contributed by atoms with Crippen molar-refractivity contribution < 1.29 is 83.7 Å². The number of hydrogen-bond donors (Lipinski definition) is 0. The number of aromatic nitrogens is 2. The van der Waals surface area contributed by atoms with Crippen molar-refractivity contribution >= 4 is 29.2 Å². The van der Waals surface area contributed by atoms with E-state index in [2.05, 4.69) is 33.3 Å². The van der Waals surface area contributed by atoms with E-state index in [1.807, 2.05) is 6.08 Å². The zero-order valence-corrected chi connectivity index (χ0v) is 20.2. The summed E-state index contributed by atoms with van der Waals surface area (Å²) in [5.41, 5.74) is 2.15. The van der Waals surface area contributed by atoms with E-state index < -0.39 is 11.9 Å². The van der Waals surface area contributed by atoms with Gasteiger partial charge < -0.3 is 29.4 Å². The van der Waals surface area contributed by atoms with Gasteiger partial charge in [-0.25, -0.2) is 0 Å². The van der Waals surface area contributed by atoms with Gasteiger partial charge in [0.1, 0.15) is 5.69 Å². The number of ether oxygens (including phenoxy) is 1. The Morgan fingerprint density at radius 3 is 2.54 bits per heavy atom. The average Bonchev–Trinajstić information content (AvgIpc) is 3.00. The largest absolute Gasteiger partial charge is 1.00 e. The van der Waals surface area contributed by atoms with Gasteiger partial charge in [0.2, 0.25) is 0 Å². The molecule has 8 nitrogen and oxygen atoms in total. The monoisotopic (exact) mass is 399 g/mol. The number of unbranched alkanes of at least 4 members (excludes halogenated alkanes) is 1. The maximum absolute atomic E-state index is 8.93. The van der Waals surface area contributed by atoms with E-state index in [1.54, 1.807) is 0 Å². The van der Waals surface area contributed by atoms with Crippen LogP contribution in [0.15, 0.2) is 18.7 Å². The predicted octanol–water partition coefficient (Wildman–Crippen LogP) is -6.90. The topological polar surface area (TPSA) is 119 Å². The number of rotatable bonds is 6. The molecule has 1 aliphatic heterocycles. The van der Waals surface area contributed by atoms with Crippen LogP contribution in [0.5, 0.6) is 5.88 Å². The second-order valence-corrected chi connectivity index (χ2v) is 5.56. The van der Waals surface area contributed by atoms with E-state index in [1.165, 1.54) is 17.3 Å². The van der Waals surface area contributed by atoms with Gasteiger partial charge in [0.15, 0.2) is 0 Å². The minimum atomic E-state index is -2.19. The first kappa shape index (κ1) is 28.0. The number of carboxylic acids is 2. The maximum atomic E-state index is 8.93. The Morgan fingerprint density at radius 1 is 1.35 bits per heavy atom. The van der Waals surface area contributed by atoms with Crippen molar-refractivity contribution in [2.75, 3.05) is 26.7 Å². The van der Waals surface area contributed by atoms with E-state index in [-0.39, 0.29) is 59.1 Å². The van der Waals surface area contributed by atoms with Crippen LogP contribution in [0, 0.1) is 0 Å². The Balaban J connectivity index is 0. The molecule has 1 aromatic heterocycles. The second-order valence-electron chi connectivity index (χ2n) is 5.03. The summed E-state index contributed by atoms with van der Waals surface area (Å²) in [7, 11) is 2.12. The van der Waals surface area contributed by atoms with Gasteiger partial charge in [0.25, 0.3) is 5.88 Å². The van der Waals surface area contributed by atoms with E-state index in [9.17, 15) is 0 Å². The normalized spacial score (nSPS) is 13.0. The molecule has 0 aromatic carbocycles. The molecule has 0 unspecified atom stereocenters. The van der Waals surface area contributed by atoms with Crippen molar-refractivity contribution in [1.82, 2.24) is 13.6 Å². The molecular formula is C15H19N3Na2O5S. The molecule has 2 rings (SSSR count). The molecule has 1 aromatic rings. The summed E-state index contributed by atoms with van der Waals surface area (Å²) in [5.74, 6) is -3.68. The third kappa shape index (κ3) is 10.8. The van der Waals surface area contributed by atoms with Gasteiger partial charge in [-0.3, -0.25) is 0 Å². The minimum absolute atomic E-state index is 0. The molecule has 132 valence electrons. The molecule has 0 spiro atoms. The number of carboxylic acid groups (broad SMARTS) is 2. The molecule has 0 saturated heterocycles. The first-order valence-corrected chi connectivity index (χ1v) is 8.05. The quantitative estimate of drug-likeness (QED) is 0.200. The Hall–Kier alpha value is -0.260. The Kier molecular flexibility index (Phi) is 16.9. The number of allylic oxidation sites excluding steroid dienone is 1. The van der Waals surface area contributed by atoms with E-state index in [0.717, 1.165) is 38.0 Å². The smallest absolute Gasteiger partial charge is 0.543 e. The van der Waals surface area contributed by atoms with Gasteiger partial charge in [-0.2, -0.15) is 4.37 Å². The molecule has 0 radical (unpaired) electrons. The summed E-state index contributed by atoms with van der Waals surface area (Å²) < 4.78 is 14.3. The first-order valence-electron chi connectivity index (χ1n) is 7.32. The van der Waals surface area contributed by atoms with Crippen LogP contribution in [-0.4, -0.2) is 52.3 Å². The van der Waals surface area contributed by atoms with E-state index >= 15 is 0 Å². The van der Waals surface area contributed by atoms with E-state index in [0.29, 0.717) is 12.5 Å². The van der Waals surface area contributed by atoms with Gasteiger partial charge in [0.05, 0.1) is 30.3 Å². The van der Waals surface area contributed by atoms with Crippen LogP contribution in [0.4, 0.5) is 0 Å². The fourth-order valence-electron chi connectivity index (χ4n) is 1.93. The number of carbonyl (C=O) groups is 2. The van der Waals surface area contributed by atoms with Crippen molar-refractivity contribution in [1.29, 1.82) is 0 Å². The molecule has 0 saturated carbocycles. The molecule has 0 bridgehead atoms. The van der Waals surface area contributed by atoms with Crippen LogP contribution >= 0.6 is 11.7 Å². The van der Waals surface area contributed by atoms with Crippen LogP contribution in [0.25, 0.3) is 5.57 Å². The third-order valence-corrected chi connectivity index (χ3v) is 3.57. The summed E-state index contributed by atoms with van der Waals surface area (Å²) in [6.45, 7) is 6.41. The number of likely N-dealkylation sites (N-methyl/N-ethyl adjacent to an activating group) is 1. The zero-order chi connectivity index (χ0) is 17.9. The van der Waals surface area contributed by atoms with Crippen molar-refractivity contribution in [2.24, 2.45) is 0 Å². The van der Waals surface area contributed by atoms with Crippen LogP contribution < -0.4 is 74.1 Å². The molecule has 0 aliphatic carbocycles. The summed E-state index contributed by atoms with van der Waals surface area (Å²) >= 11 is 1.22. The number of aliphatic carboxylic acids is 2. The molecule has 0 amide bonds. The standard InChI is InChI=1S/C13H19N3OS.C2H2O4.2Na/c1-3-4-5-9-17-13-12(14-18-15-13)11-7-6-8-16(2)10-11;3-1(4)2(5)6;;/h3,7H,1,4-6,8-10H2,2H3;(H,3,4)(H,5,6);;/q;;2*+1/p-2. The second kappa shape index (κ2) is 15.8. The van der Waals surface area contributed by atoms with Gasteiger partial charge in [0, 0.05) is 13.1 Å². The van der Waals surface area contributed by atoms with Crippen molar-refractivity contribution in [3.8, 4) is 5.88 Å². The summed E-state index contributed by atoms with van der Waals surface area (Å²) in [6, 6.07) is 0. The SMILES string of the molecule is C=CCCCOc1nsnc1C1=CCCN(C)C1.O=C([O-])C(=O)[O-].[Na+].[Na+]. The minimum Gasteiger partial charge on any atom is -0.543 e. The Labute approximate surface area is 201 Å².